The van der Waals surface area contributed by atoms with Gasteiger partial charge in [-0.3, -0.25) is 4.79 Å². The Balaban J connectivity index is 0.00000147. The van der Waals surface area contributed by atoms with Crippen LogP contribution in [-0.2, 0) is 0 Å². The maximum absolute atomic E-state index is 12.6. The second kappa shape index (κ2) is 6.46. The van der Waals surface area contributed by atoms with E-state index in [0.717, 1.165) is 35.1 Å². The third-order valence-electron chi connectivity index (χ3n) is 4.23. The first-order valence-corrected chi connectivity index (χ1v) is 7.74. The van der Waals surface area contributed by atoms with E-state index in [1.54, 1.807) is 0 Å². The molecule has 0 radical (unpaired) electrons. The number of carbonyl (C=O) groups is 1. The summed E-state index contributed by atoms with van der Waals surface area (Å²) >= 11 is 3.50. The van der Waals surface area contributed by atoms with Crippen LogP contribution >= 0.6 is 28.3 Å². The second-order valence-corrected chi connectivity index (χ2v) is 6.50. The van der Waals surface area contributed by atoms with E-state index in [1.165, 1.54) is 12.8 Å². The Morgan fingerprint density at radius 3 is 2.80 bits per heavy atom. The van der Waals surface area contributed by atoms with Crippen LogP contribution in [0.3, 0.4) is 0 Å². The average molecular weight is 360 g/mol. The lowest BCUT2D eigenvalue weighted by Gasteiger charge is -2.24. The Hall–Kier alpha value is -0.580. The first-order chi connectivity index (χ1) is 9.13. The van der Waals surface area contributed by atoms with Crippen LogP contribution in [0, 0.1) is 6.92 Å². The van der Waals surface area contributed by atoms with Crippen molar-refractivity contribution in [2.45, 2.75) is 38.3 Å². The number of carbonyl (C=O) groups excluding carboxylic acids is 1. The summed E-state index contributed by atoms with van der Waals surface area (Å²) in [7, 11) is 0. The highest BCUT2D eigenvalue weighted by atomic mass is 79.9. The van der Waals surface area contributed by atoms with Crippen LogP contribution in [0.5, 0.6) is 0 Å². The monoisotopic (exact) mass is 358 g/mol. The molecule has 20 heavy (non-hydrogen) atoms. The number of aryl methyl sites for hydroxylation is 1. The van der Waals surface area contributed by atoms with Gasteiger partial charge in [-0.05, 0) is 43.9 Å². The van der Waals surface area contributed by atoms with Crippen molar-refractivity contribution in [2.24, 2.45) is 0 Å². The third-order valence-corrected chi connectivity index (χ3v) is 5.08. The first kappa shape index (κ1) is 15.8. The molecule has 2 bridgehead atoms. The Labute approximate surface area is 134 Å². The maximum atomic E-state index is 12.6. The number of rotatable bonds is 1. The molecule has 0 saturated carbocycles. The molecule has 0 aromatic heterocycles. The minimum atomic E-state index is 0. The minimum Gasteiger partial charge on any atom is -0.337 e. The smallest absolute Gasteiger partial charge is 0.253 e. The van der Waals surface area contributed by atoms with Crippen molar-refractivity contribution in [3.8, 4) is 0 Å². The lowest BCUT2D eigenvalue weighted by molar-refractivity contribution is 0.0748. The summed E-state index contributed by atoms with van der Waals surface area (Å²) in [5, 5.41) is 3.61. The summed E-state index contributed by atoms with van der Waals surface area (Å²) < 4.78 is 1.01. The zero-order chi connectivity index (χ0) is 13.4. The second-order valence-electron chi connectivity index (χ2n) is 5.64. The van der Waals surface area contributed by atoms with Crippen molar-refractivity contribution in [2.75, 3.05) is 13.1 Å². The van der Waals surface area contributed by atoms with Crippen LogP contribution in [0.25, 0.3) is 0 Å². The molecule has 2 fully saturated rings. The van der Waals surface area contributed by atoms with Gasteiger partial charge in [-0.15, -0.1) is 12.4 Å². The molecular formula is C15H20BrClN2O. The number of hydrogen-bond donors (Lipinski definition) is 1. The van der Waals surface area contributed by atoms with Crippen LogP contribution in [0.2, 0.25) is 0 Å². The van der Waals surface area contributed by atoms with Gasteiger partial charge in [0.15, 0.2) is 0 Å². The SMILES string of the molecule is Cc1ccc(C(=O)N2CCC3CCC(C2)N3)cc1Br.Cl. The number of halogens is 2. The molecule has 1 aromatic rings. The normalized spacial score (nSPS) is 25.0. The molecule has 3 nitrogen and oxygen atoms in total. The Morgan fingerprint density at radius 1 is 1.30 bits per heavy atom. The van der Waals surface area contributed by atoms with Crippen LogP contribution in [0.1, 0.15) is 35.2 Å². The van der Waals surface area contributed by atoms with E-state index in [0.29, 0.717) is 12.1 Å². The predicted molar refractivity (Wildman–Crippen MR) is 86.6 cm³/mol. The number of nitrogens with zero attached hydrogens (tertiary/aromatic N) is 1. The largest absolute Gasteiger partial charge is 0.337 e. The summed E-state index contributed by atoms with van der Waals surface area (Å²) in [5.74, 6) is 0.162. The van der Waals surface area contributed by atoms with Crippen LogP contribution in [0.15, 0.2) is 22.7 Å². The van der Waals surface area contributed by atoms with Gasteiger partial charge in [0, 0.05) is 35.2 Å². The number of nitrogens with one attached hydrogen (secondary N) is 1. The minimum absolute atomic E-state index is 0. The van der Waals surface area contributed by atoms with E-state index in [1.807, 2.05) is 30.0 Å². The van der Waals surface area contributed by atoms with Gasteiger partial charge in [0.1, 0.15) is 0 Å². The van der Waals surface area contributed by atoms with Gasteiger partial charge >= 0.3 is 0 Å². The number of hydrogen-bond acceptors (Lipinski definition) is 2. The summed E-state index contributed by atoms with van der Waals surface area (Å²) in [6, 6.07) is 6.98. The van der Waals surface area contributed by atoms with Crippen molar-refractivity contribution in [1.29, 1.82) is 0 Å². The topological polar surface area (TPSA) is 32.3 Å². The molecule has 2 heterocycles. The Morgan fingerprint density at radius 2 is 2.05 bits per heavy atom. The molecule has 1 N–H and O–H groups in total. The summed E-state index contributed by atoms with van der Waals surface area (Å²) in [6.07, 6.45) is 3.55. The van der Waals surface area contributed by atoms with Gasteiger partial charge in [0.2, 0.25) is 0 Å². The molecule has 2 atom stereocenters. The summed E-state index contributed by atoms with van der Waals surface area (Å²) in [5.41, 5.74) is 1.95. The zero-order valence-corrected chi connectivity index (χ0v) is 14.0. The molecule has 2 aliphatic heterocycles. The fraction of sp³-hybridized carbons (Fsp3) is 0.533. The van der Waals surface area contributed by atoms with Gasteiger partial charge in [0.25, 0.3) is 5.91 Å². The lowest BCUT2D eigenvalue weighted by atomic mass is 10.1. The summed E-state index contributed by atoms with van der Waals surface area (Å²) in [4.78, 5) is 14.6. The van der Waals surface area contributed by atoms with Gasteiger partial charge < -0.3 is 10.2 Å². The van der Waals surface area contributed by atoms with Gasteiger partial charge in [-0.25, -0.2) is 0 Å². The molecule has 2 unspecified atom stereocenters. The molecule has 1 aromatic carbocycles. The fourth-order valence-corrected chi connectivity index (χ4v) is 3.41. The van der Waals surface area contributed by atoms with Crippen LogP contribution < -0.4 is 5.32 Å². The van der Waals surface area contributed by atoms with Crippen molar-refractivity contribution in [3.63, 3.8) is 0 Å². The van der Waals surface area contributed by atoms with E-state index in [-0.39, 0.29) is 18.3 Å². The molecule has 0 aliphatic carbocycles. The zero-order valence-electron chi connectivity index (χ0n) is 11.6. The van der Waals surface area contributed by atoms with Gasteiger partial charge in [-0.1, -0.05) is 22.0 Å². The van der Waals surface area contributed by atoms with Gasteiger partial charge in [0.05, 0.1) is 0 Å². The Bertz CT molecular complexity index is 509. The van der Waals surface area contributed by atoms with Crippen molar-refractivity contribution >= 4 is 34.2 Å². The molecule has 3 rings (SSSR count). The van der Waals surface area contributed by atoms with Gasteiger partial charge in [-0.2, -0.15) is 0 Å². The van der Waals surface area contributed by atoms with E-state index in [4.69, 9.17) is 0 Å². The van der Waals surface area contributed by atoms with E-state index in [9.17, 15) is 4.79 Å². The maximum Gasteiger partial charge on any atom is 0.253 e. The highest BCUT2D eigenvalue weighted by molar-refractivity contribution is 9.10. The van der Waals surface area contributed by atoms with Crippen molar-refractivity contribution in [1.82, 2.24) is 10.2 Å². The first-order valence-electron chi connectivity index (χ1n) is 6.95. The molecule has 110 valence electrons. The predicted octanol–water partition coefficient (Wildman–Crippen LogP) is 3.15. The average Bonchev–Trinajstić information content (AvgIpc) is 2.72. The molecule has 2 aliphatic rings. The standard InChI is InChI=1S/C15H19BrN2O.ClH/c1-10-2-3-11(8-14(10)16)15(19)18-7-6-12-4-5-13(9-18)17-12;/h2-3,8,12-13,17H,4-7,9H2,1H3;1H. The summed E-state index contributed by atoms with van der Waals surface area (Å²) in [6.45, 7) is 3.76. The third kappa shape index (κ3) is 3.18. The van der Waals surface area contributed by atoms with Crippen LogP contribution in [-0.4, -0.2) is 36.0 Å². The number of likely N-dealkylation sites (tertiary alicyclic amines) is 1. The molecule has 2 saturated heterocycles. The molecule has 5 heteroatoms. The molecule has 0 spiro atoms. The highest BCUT2D eigenvalue weighted by Crippen LogP contribution is 2.23. The number of amides is 1. The van der Waals surface area contributed by atoms with Crippen LogP contribution in [0.4, 0.5) is 0 Å². The lowest BCUT2D eigenvalue weighted by Crippen LogP contribution is -2.39. The fourth-order valence-electron chi connectivity index (χ4n) is 3.04. The van der Waals surface area contributed by atoms with Crippen molar-refractivity contribution in [3.05, 3.63) is 33.8 Å². The molecule has 1 amide bonds. The number of fused-ring (bicyclic) bond motifs is 2. The van der Waals surface area contributed by atoms with E-state index < -0.39 is 0 Å². The quantitative estimate of drug-likeness (QED) is 0.835. The van der Waals surface area contributed by atoms with E-state index >= 15 is 0 Å². The van der Waals surface area contributed by atoms with E-state index in [2.05, 4.69) is 21.2 Å². The highest BCUT2D eigenvalue weighted by Gasteiger charge is 2.31. The molecular weight excluding hydrogens is 340 g/mol. The van der Waals surface area contributed by atoms with Crippen molar-refractivity contribution < 1.29 is 4.79 Å². The Kier molecular flexibility index (Phi) is 5.10. The number of benzene rings is 1.